The summed E-state index contributed by atoms with van der Waals surface area (Å²) in [6.07, 6.45) is 4.15. The summed E-state index contributed by atoms with van der Waals surface area (Å²) in [5, 5.41) is 16.1. The van der Waals surface area contributed by atoms with Crippen molar-refractivity contribution in [2.45, 2.75) is 58.7 Å². The van der Waals surface area contributed by atoms with Crippen LogP contribution in [0.25, 0.3) is 11.0 Å². The lowest BCUT2D eigenvalue weighted by Gasteiger charge is -2.15. The number of aliphatic hydroxyl groups is 1. The zero-order valence-electron chi connectivity index (χ0n) is 18.6. The number of nitrogens with one attached hydrogen (secondary N) is 2. The smallest absolute Gasteiger partial charge is 0.356 e. The van der Waals surface area contributed by atoms with Gasteiger partial charge in [-0.3, -0.25) is 4.79 Å². The van der Waals surface area contributed by atoms with Gasteiger partial charge in [-0.25, -0.2) is 9.78 Å². The zero-order chi connectivity index (χ0) is 22.5. The number of hydrogen-bond acceptors (Lipinski definition) is 7. The van der Waals surface area contributed by atoms with Crippen molar-refractivity contribution in [2.24, 2.45) is 5.92 Å². The molecule has 3 rings (SSSR count). The Morgan fingerprint density at radius 1 is 1.42 bits per heavy atom. The first kappa shape index (κ1) is 23.0. The van der Waals surface area contributed by atoms with E-state index in [1.165, 1.54) is 7.11 Å². The van der Waals surface area contributed by atoms with Crippen LogP contribution in [0.5, 0.6) is 0 Å². The van der Waals surface area contributed by atoms with E-state index in [0.29, 0.717) is 42.0 Å². The second-order valence-electron chi connectivity index (χ2n) is 8.08. The molecule has 2 aromatic heterocycles. The molecule has 2 aromatic rings. The SMILES string of the molecule is CCC(C)C(=O)Nc1c(C(=O)OC)n(CC2CCCO2)c2ncc(NC(C)CO)cc12. The average molecular weight is 433 g/mol. The lowest BCUT2D eigenvalue weighted by Crippen LogP contribution is -2.23. The van der Waals surface area contributed by atoms with E-state index >= 15 is 0 Å². The second-order valence-corrected chi connectivity index (χ2v) is 8.08. The van der Waals surface area contributed by atoms with Gasteiger partial charge in [-0.1, -0.05) is 13.8 Å². The maximum Gasteiger partial charge on any atom is 0.356 e. The maximum atomic E-state index is 12.8. The van der Waals surface area contributed by atoms with Crippen LogP contribution < -0.4 is 10.6 Å². The van der Waals surface area contributed by atoms with Gasteiger partial charge < -0.3 is 29.8 Å². The van der Waals surface area contributed by atoms with Crippen LogP contribution in [-0.2, 0) is 20.8 Å². The number of amides is 1. The number of carbonyl (C=O) groups is 2. The summed E-state index contributed by atoms with van der Waals surface area (Å²) < 4.78 is 12.6. The Hall–Kier alpha value is -2.65. The summed E-state index contributed by atoms with van der Waals surface area (Å²) in [5.41, 5.74) is 1.89. The molecule has 1 saturated heterocycles. The maximum absolute atomic E-state index is 12.8. The highest BCUT2D eigenvalue weighted by molar-refractivity contribution is 6.11. The number of fused-ring (bicyclic) bond motifs is 1. The number of rotatable bonds is 9. The molecule has 1 aliphatic rings. The third kappa shape index (κ3) is 4.99. The molecule has 170 valence electrons. The molecule has 3 heterocycles. The Morgan fingerprint density at radius 2 is 2.19 bits per heavy atom. The highest BCUT2D eigenvalue weighted by Gasteiger charge is 2.29. The number of aliphatic hydroxyl groups excluding tert-OH is 1. The molecular formula is C22H32N4O5. The monoisotopic (exact) mass is 432 g/mol. The summed E-state index contributed by atoms with van der Waals surface area (Å²) in [6.45, 7) is 6.71. The summed E-state index contributed by atoms with van der Waals surface area (Å²) in [4.78, 5) is 30.1. The number of methoxy groups -OCH3 is 1. The van der Waals surface area contributed by atoms with Gasteiger partial charge in [0.15, 0.2) is 5.69 Å². The van der Waals surface area contributed by atoms with Crippen LogP contribution in [0.4, 0.5) is 11.4 Å². The summed E-state index contributed by atoms with van der Waals surface area (Å²) in [5.74, 6) is -0.940. The topological polar surface area (TPSA) is 115 Å². The van der Waals surface area contributed by atoms with Crippen molar-refractivity contribution in [2.75, 3.05) is 31.0 Å². The number of nitrogens with zero attached hydrogens (tertiary/aromatic N) is 2. The van der Waals surface area contributed by atoms with Crippen molar-refractivity contribution in [3.05, 3.63) is 18.0 Å². The molecule has 9 nitrogen and oxygen atoms in total. The van der Waals surface area contributed by atoms with Crippen molar-refractivity contribution in [1.82, 2.24) is 9.55 Å². The molecule has 1 aliphatic heterocycles. The molecule has 3 N–H and O–H groups in total. The lowest BCUT2D eigenvalue weighted by molar-refractivity contribution is -0.119. The molecule has 31 heavy (non-hydrogen) atoms. The highest BCUT2D eigenvalue weighted by Crippen LogP contribution is 2.34. The normalized spacial score (nSPS) is 18.0. The Kier molecular flexibility index (Phi) is 7.50. The fourth-order valence-electron chi connectivity index (χ4n) is 3.67. The number of ether oxygens (including phenoxy) is 2. The van der Waals surface area contributed by atoms with Gasteiger partial charge in [0.25, 0.3) is 0 Å². The molecule has 0 aliphatic carbocycles. The molecule has 1 fully saturated rings. The minimum atomic E-state index is -0.548. The predicted molar refractivity (Wildman–Crippen MR) is 118 cm³/mol. The van der Waals surface area contributed by atoms with Crippen molar-refractivity contribution in [1.29, 1.82) is 0 Å². The number of aromatic nitrogens is 2. The van der Waals surface area contributed by atoms with Gasteiger partial charge in [0.1, 0.15) is 5.65 Å². The van der Waals surface area contributed by atoms with E-state index in [0.717, 1.165) is 12.8 Å². The number of esters is 1. The van der Waals surface area contributed by atoms with Crippen LogP contribution in [0.3, 0.4) is 0 Å². The average Bonchev–Trinajstić information content (AvgIpc) is 3.39. The first-order valence-electron chi connectivity index (χ1n) is 10.8. The van der Waals surface area contributed by atoms with Crippen LogP contribution in [0, 0.1) is 5.92 Å². The van der Waals surface area contributed by atoms with Crippen LogP contribution in [0.15, 0.2) is 12.3 Å². The Bertz CT molecular complexity index is 936. The van der Waals surface area contributed by atoms with E-state index in [4.69, 9.17) is 9.47 Å². The fraction of sp³-hybridized carbons (Fsp3) is 0.591. The molecule has 0 radical (unpaired) electrons. The van der Waals surface area contributed by atoms with Crippen molar-refractivity contribution >= 4 is 34.3 Å². The lowest BCUT2D eigenvalue weighted by atomic mass is 10.1. The minimum Gasteiger partial charge on any atom is -0.464 e. The van der Waals surface area contributed by atoms with Crippen LogP contribution >= 0.6 is 0 Å². The van der Waals surface area contributed by atoms with E-state index in [1.807, 2.05) is 26.8 Å². The quantitative estimate of drug-likeness (QED) is 0.522. The van der Waals surface area contributed by atoms with Gasteiger partial charge in [0, 0.05) is 24.0 Å². The van der Waals surface area contributed by atoms with E-state index in [1.54, 1.807) is 10.8 Å². The van der Waals surface area contributed by atoms with Gasteiger partial charge in [0.2, 0.25) is 5.91 Å². The summed E-state index contributed by atoms with van der Waals surface area (Å²) in [7, 11) is 1.32. The molecule has 0 spiro atoms. The Labute approximate surface area is 182 Å². The molecule has 0 bridgehead atoms. The second kappa shape index (κ2) is 10.1. The van der Waals surface area contributed by atoms with Crippen LogP contribution in [-0.4, -0.2) is 59.0 Å². The third-order valence-corrected chi connectivity index (χ3v) is 5.68. The summed E-state index contributed by atoms with van der Waals surface area (Å²) >= 11 is 0. The fourth-order valence-corrected chi connectivity index (χ4v) is 3.67. The molecular weight excluding hydrogens is 400 g/mol. The van der Waals surface area contributed by atoms with E-state index in [9.17, 15) is 14.7 Å². The molecule has 9 heteroatoms. The van der Waals surface area contributed by atoms with Crippen molar-refractivity contribution in [3.63, 3.8) is 0 Å². The minimum absolute atomic E-state index is 0.0360. The highest BCUT2D eigenvalue weighted by atomic mass is 16.5. The Balaban J connectivity index is 2.16. The van der Waals surface area contributed by atoms with Gasteiger partial charge >= 0.3 is 5.97 Å². The van der Waals surface area contributed by atoms with Gasteiger partial charge in [-0.05, 0) is 32.3 Å². The van der Waals surface area contributed by atoms with Crippen LogP contribution in [0.2, 0.25) is 0 Å². The first-order chi connectivity index (χ1) is 14.9. The number of pyridine rings is 1. The van der Waals surface area contributed by atoms with Gasteiger partial charge in [-0.15, -0.1) is 0 Å². The molecule has 1 amide bonds. The Morgan fingerprint density at radius 3 is 2.81 bits per heavy atom. The number of hydrogen-bond donors (Lipinski definition) is 3. The molecule has 3 unspecified atom stereocenters. The predicted octanol–water partition coefficient (Wildman–Crippen LogP) is 2.78. The van der Waals surface area contributed by atoms with Crippen LogP contribution in [0.1, 0.15) is 50.5 Å². The van der Waals surface area contributed by atoms with Gasteiger partial charge in [0.05, 0.1) is 43.9 Å². The first-order valence-corrected chi connectivity index (χ1v) is 10.8. The van der Waals surface area contributed by atoms with E-state index in [2.05, 4.69) is 15.6 Å². The molecule has 0 aromatic carbocycles. The van der Waals surface area contributed by atoms with E-state index < -0.39 is 5.97 Å². The molecule has 3 atom stereocenters. The zero-order valence-corrected chi connectivity index (χ0v) is 18.6. The van der Waals surface area contributed by atoms with E-state index in [-0.39, 0.29) is 36.3 Å². The van der Waals surface area contributed by atoms with Gasteiger partial charge in [-0.2, -0.15) is 0 Å². The molecule has 0 saturated carbocycles. The number of anilines is 2. The van der Waals surface area contributed by atoms with Crippen molar-refractivity contribution in [3.8, 4) is 0 Å². The standard InChI is InChI=1S/C22H32N4O5/c1-5-13(2)21(28)25-18-17-9-15(24-14(3)12-27)10-23-20(17)26(19(18)22(29)30-4)11-16-7-6-8-31-16/h9-10,13-14,16,24,27H,5-8,11-12H2,1-4H3,(H,25,28). The number of carbonyl (C=O) groups excluding carboxylic acids is 2. The third-order valence-electron chi connectivity index (χ3n) is 5.68. The largest absolute Gasteiger partial charge is 0.464 e. The van der Waals surface area contributed by atoms with Crippen molar-refractivity contribution < 1.29 is 24.2 Å². The summed E-state index contributed by atoms with van der Waals surface area (Å²) in [6, 6.07) is 1.66.